The first-order valence-corrected chi connectivity index (χ1v) is 8.41. The van der Waals surface area contributed by atoms with Crippen LogP contribution in [0.15, 0.2) is 60.8 Å². The summed E-state index contributed by atoms with van der Waals surface area (Å²) in [6.07, 6.45) is 1.60. The molecule has 27 heavy (non-hydrogen) atoms. The highest BCUT2D eigenvalue weighted by Gasteiger charge is 2.22. The van der Waals surface area contributed by atoms with Crippen molar-refractivity contribution < 1.29 is 9.72 Å². The van der Waals surface area contributed by atoms with E-state index < -0.39 is 4.92 Å². The van der Waals surface area contributed by atoms with Crippen molar-refractivity contribution in [3.8, 4) is 0 Å². The molecule has 0 N–H and O–H groups in total. The number of carbonyl (C=O) groups excluding carboxylic acids is 1. The summed E-state index contributed by atoms with van der Waals surface area (Å²) in [5, 5.41) is 18.9. The van der Waals surface area contributed by atoms with E-state index in [-0.39, 0.29) is 23.3 Å². The van der Waals surface area contributed by atoms with Crippen molar-refractivity contribution in [1.82, 2.24) is 19.9 Å². The van der Waals surface area contributed by atoms with E-state index in [1.807, 2.05) is 37.3 Å². The quantitative estimate of drug-likeness (QED) is 0.494. The van der Waals surface area contributed by atoms with Gasteiger partial charge in [-0.15, -0.1) is 5.10 Å². The maximum atomic E-state index is 12.7. The Hall–Kier alpha value is -3.55. The monoisotopic (exact) mass is 365 g/mol. The molecule has 8 nitrogen and oxygen atoms in total. The van der Waals surface area contributed by atoms with E-state index in [0.717, 1.165) is 5.56 Å². The standard InChI is InChI=1S/C19H19N5O3/c1-14(16-9-6-10-17(11-16)24(26)27)22(2)19(25)18-13-23(21-20-18)12-15-7-4-3-5-8-15/h3-11,13-14H,12H2,1-2H3/t14-/m0/s1. The van der Waals surface area contributed by atoms with Crippen LogP contribution < -0.4 is 0 Å². The second-order valence-corrected chi connectivity index (χ2v) is 6.23. The van der Waals surface area contributed by atoms with Crippen LogP contribution in [0, 0.1) is 10.1 Å². The van der Waals surface area contributed by atoms with Crippen LogP contribution in [-0.4, -0.2) is 37.8 Å². The largest absolute Gasteiger partial charge is 0.333 e. The Kier molecular flexibility index (Phi) is 5.25. The van der Waals surface area contributed by atoms with Crippen molar-refractivity contribution in [2.24, 2.45) is 0 Å². The molecule has 1 atom stereocenters. The minimum Gasteiger partial charge on any atom is -0.333 e. The molecule has 8 heteroatoms. The molecule has 1 amide bonds. The Labute approximate surface area is 156 Å². The van der Waals surface area contributed by atoms with Crippen molar-refractivity contribution in [2.75, 3.05) is 7.05 Å². The predicted molar refractivity (Wildman–Crippen MR) is 99.2 cm³/mol. The van der Waals surface area contributed by atoms with Crippen molar-refractivity contribution in [3.63, 3.8) is 0 Å². The highest BCUT2D eigenvalue weighted by molar-refractivity contribution is 5.92. The van der Waals surface area contributed by atoms with Gasteiger partial charge in [-0.1, -0.05) is 47.7 Å². The third kappa shape index (κ3) is 4.17. The number of benzene rings is 2. The molecular weight excluding hydrogens is 346 g/mol. The van der Waals surface area contributed by atoms with Crippen molar-refractivity contribution >= 4 is 11.6 Å². The third-order valence-electron chi connectivity index (χ3n) is 4.41. The number of carbonyl (C=O) groups is 1. The van der Waals surface area contributed by atoms with Crippen molar-refractivity contribution in [1.29, 1.82) is 0 Å². The van der Waals surface area contributed by atoms with Crippen LogP contribution in [0.1, 0.15) is 34.6 Å². The van der Waals surface area contributed by atoms with Gasteiger partial charge in [0.2, 0.25) is 0 Å². The first kappa shape index (κ1) is 18.2. The molecule has 0 saturated carbocycles. The fourth-order valence-electron chi connectivity index (χ4n) is 2.72. The minimum atomic E-state index is -0.451. The Morgan fingerprint density at radius 3 is 2.67 bits per heavy atom. The second-order valence-electron chi connectivity index (χ2n) is 6.23. The lowest BCUT2D eigenvalue weighted by molar-refractivity contribution is -0.384. The molecule has 3 aromatic rings. The lowest BCUT2D eigenvalue weighted by Crippen LogP contribution is -2.30. The molecule has 0 aliphatic carbocycles. The van der Waals surface area contributed by atoms with Gasteiger partial charge in [-0.3, -0.25) is 14.9 Å². The van der Waals surface area contributed by atoms with Gasteiger partial charge in [0.05, 0.1) is 23.7 Å². The minimum absolute atomic E-state index is 0.00555. The number of nitrogens with zero attached hydrogens (tertiary/aromatic N) is 5. The van der Waals surface area contributed by atoms with E-state index >= 15 is 0 Å². The molecular formula is C19H19N5O3. The number of hydrogen-bond donors (Lipinski definition) is 0. The van der Waals surface area contributed by atoms with Gasteiger partial charge in [-0.2, -0.15) is 0 Å². The number of nitro benzene ring substituents is 1. The Bertz CT molecular complexity index is 955. The first-order chi connectivity index (χ1) is 13.0. The highest BCUT2D eigenvalue weighted by Crippen LogP contribution is 2.24. The molecule has 3 rings (SSSR count). The van der Waals surface area contributed by atoms with E-state index in [4.69, 9.17) is 0 Å². The smallest absolute Gasteiger partial charge is 0.276 e. The van der Waals surface area contributed by atoms with Gasteiger partial charge in [0.25, 0.3) is 11.6 Å². The molecule has 0 saturated heterocycles. The van der Waals surface area contributed by atoms with Gasteiger partial charge in [-0.05, 0) is 18.1 Å². The van der Waals surface area contributed by atoms with Crippen molar-refractivity contribution in [3.05, 3.63) is 87.7 Å². The van der Waals surface area contributed by atoms with Crippen LogP contribution in [0.4, 0.5) is 5.69 Å². The van der Waals surface area contributed by atoms with E-state index in [1.54, 1.807) is 30.1 Å². The van der Waals surface area contributed by atoms with E-state index in [0.29, 0.717) is 12.1 Å². The Morgan fingerprint density at radius 1 is 1.22 bits per heavy atom. The summed E-state index contributed by atoms with van der Waals surface area (Å²) >= 11 is 0. The summed E-state index contributed by atoms with van der Waals surface area (Å²) in [6, 6.07) is 15.7. The zero-order valence-electron chi connectivity index (χ0n) is 15.0. The molecule has 0 radical (unpaired) electrons. The fraction of sp³-hybridized carbons (Fsp3) is 0.211. The molecule has 1 aromatic heterocycles. The summed E-state index contributed by atoms with van der Waals surface area (Å²) in [4.78, 5) is 24.7. The van der Waals surface area contributed by atoms with Gasteiger partial charge in [0.15, 0.2) is 5.69 Å². The first-order valence-electron chi connectivity index (χ1n) is 8.41. The molecule has 0 aliphatic rings. The highest BCUT2D eigenvalue weighted by atomic mass is 16.6. The van der Waals surface area contributed by atoms with E-state index in [9.17, 15) is 14.9 Å². The lowest BCUT2D eigenvalue weighted by atomic mass is 10.1. The average molecular weight is 365 g/mol. The summed E-state index contributed by atoms with van der Waals surface area (Å²) in [7, 11) is 1.64. The zero-order valence-corrected chi connectivity index (χ0v) is 15.0. The predicted octanol–water partition coefficient (Wildman–Crippen LogP) is 3.07. The Morgan fingerprint density at radius 2 is 1.96 bits per heavy atom. The fourth-order valence-corrected chi connectivity index (χ4v) is 2.72. The topological polar surface area (TPSA) is 94.2 Å². The maximum absolute atomic E-state index is 12.7. The van der Waals surface area contributed by atoms with Gasteiger partial charge < -0.3 is 4.90 Å². The molecule has 1 heterocycles. The lowest BCUT2D eigenvalue weighted by Gasteiger charge is -2.24. The van der Waals surface area contributed by atoms with Crippen LogP contribution in [-0.2, 0) is 6.54 Å². The van der Waals surface area contributed by atoms with Gasteiger partial charge in [0, 0.05) is 19.2 Å². The number of nitro groups is 1. The maximum Gasteiger partial charge on any atom is 0.276 e. The summed E-state index contributed by atoms with van der Waals surface area (Å²) in [5.41, 5.74) is 1.95. The number of hydrogen-bond acceptors (Lipinski definition) is 5. The molecule has 0 unspecified atom stereocenters. The average Bonchev–Trinajstić information content (AvgIpc) is 3.15. The summed E-state index contributed by atoms with van der Waals surface area (Å²) in [6.45, 7) is 2.33. The van der Waals surface area contributed by atoms with Crippen LogP contribution in [0.3, 0.4) is 0 Å². The SMILES string of the molecule is C[C@@H](c1cccc([N+](=O)[O-])c1)N(C)C(=O)c1cn(Cc2ccccc2)nn1. The zero-order chi connectivity index (χ0) is 19.4. The van der Waals surface area contributed by atoms with Gasteiger partial charge in [-0.25, -0.2) is 4.68 Å². The third-order valence-corrected chi connectivity index (χ3v) is 4.41. The van der Waals surface area contributed by atoms with E-state index in [2.05, 4.69) is 10.3 Å². The molecule has 0 bridgehead atoms. The number of amides is 1. The number of aromatic nitrogens is 3. The summed E-state index contributed by atoms with van der Waals surface area (Å²) < 4.78 is 1.61. The summed E-state index contributed by atoms with van der Waals surface area (Å²) in [5.74, 6) is -0.298. The molecule has 2 aromatic carbocycles. The molecule has 0 fully saturated rings. The second kappa shape index (κ2) is 7.77. The van der Waals surface area contributed by atoms with Gasteiger partial charge >= 0.3 is 0 Å². The molecule has 0 aliphatic heterocycles. The van der Waals surface area contributed by atoms with Crippen LogP contribution in [0.5, 0.6) is 0 Å². The van der Waals surface area contributed by atoms with Crippen molar-refractivity contribution in [2.45, 2.75) is 19.5 Å². The number of non-ortho nitro benzene ring substituents is 1. The normalized spacial score (nSPS) is 11.8. The van der Waals surface area contributed by atoms with Crippen LogP contribution in [0.2, 0.25) is 0 Å². The van der Waals surface area contributed by atoms with Gasteiger partial charge in [0.1, 0.15) is 0 Å². The molecule has 138 valence electrons. The molecule has 0 spiro atoms. The van der Waals surface area contributed by atoms with Crippen LogP contribution in [0.25, 0.3) is 0 Å². The van der Waals surface area contributed by atoms with Crippen LogP contribution >= 0.6 is 0 Å². The Balaban J connectivity index is 1.73. The van der Waals surface area contributed by atoms with E-state index in [1.165, 1.54) is 17.0 Å². The number of rotatable bonds is 6.